The van der Waals surface area contributed by atoms with E-state index >= 15 is 0 Å². The van der Waals surface area contributed by atoms with E-state index in [1.54, 1.807) is 41.6 Å². The lowest BCUT2D eigenvalue weighted by Gasteiger charge is -2.22. The maximum atomic E-state index is 13.1. The van der Waals surface area contributed by atoms with Crippen molar-refractivity contribution in [1.82, 2.24) is 30.3 Å². The van der Waals surface area contributed by atoms with Crippen molar-refractivity contribution in [2.24, 2.45) is 0 Å². The Hall–Kier alpha value is -3.34. The molecule has 2 aliphatic heterocycles. The van der Waals surface area contributed by atoms with Gasteiger partial charge in [-0.05, 0) is 56.6 Å². The van der Waals surface area contributed by atoms with Crippen LogP contribution in [0, 0.1) is 0 Å². The lowest BCUT2D eigenvalue weighted by atomic mass is 10.1. The second-order valence-corrected chi connectivity index (χ2v) is 10.2. The number of carbonyl (C=O) groups is 2. The third-order valence-electron chi connectivity index (χ3n) is 6.71. The number of nitrogens with two attached hydrogens (primary N) is 1. The fourth-order valence-corrected chi connectivity index (χ4v) is 5.25. The fraction of sp³-hybridized carbons (Fsp3) is 0.360. The van der Waals surface area contributed by atoms with Crippen LogP contribution in [0.4, 0.5) is 16.3 Å². The number of pyridine rings is 1. The highest BCUT2D eigenvalue weighted by molar-refractivity contribution is 6.35. The van der Waals surface area contributed by atoms with Gasteiger partial charge in [-0.15, -0.1) is 0 Å². The number of nitrogens with zero attached hydrogens (tertiary/aromatic N) is 4. The molecule has 5 N–H and O–H groups in total. The summed E-state index contributed by atoms with van der Waals surface area (Å²) in [6.45, 7) is 2.81. The summed E-state index contributed by atoms with van der Waals surface area (Å²) in [6.07, 6.45) is 8.10. The van der Waals surface area contributed by atoms with Gasteiger partial charge in [0.15, 0.2) is 0 Å². The van der Waals surface area contributed by atoms with Crippen LogP contribution in [-0.4, -0.2) is 63.8 Å². The van der Waals surface area contributed by atoms with Crippen LogP contribution < -0.4 is 21.7 Å². The number of halogens is 2. The number of hydrogen-bond acceptors (Lipinski definition) is 6. The minimum Gasteiger partial charge on any atom is -0.383 e. The number of carbonyl (C=O) groups excluding carboxylic acids is 2. The number of nitrogen functional groups attached to an aromatic ring is 1. The first-order valence-corrected chi connectivity index (χ1v) is 12.9. The molecule has 37 heavy (non-hydrogen) atoms. The van der Waals surface area contributed by atoms with Crippen molar-refractivity contribution in [1.29, 1.82) is 0 Å². The number of anilines is 2. The summed E-state index contributed by atoms with van der Waals surface area (Å²) in [5.74, 6) is -0.177. The first kappa shape index (κ1) is 25.3. The monoisotopic (exact) mass is 542 g/mol. The van der Waals surface area contributed by atoms with Gasteiger partial charge in [0.25, 0.3) is 5.91 Å². The molecule has 2 aromatic heterocycles. The van der Waals surface area contributed by atoms with E-state index in [1.807, 2.05) is 10.9 Å². The average Bonchev–Trinajstić information content (AvgIpc) is 3.55. The van der Waals surface area contributed by atoms with E-state index in [1.165, 1.54) is 0 Å². The molecule has 0 aliphatic carbocycles. The van der Waals surface area contributed by atoms with Crippen molar-refractivity contribution in [3.05, 3.63) is 58.5 Å². The molecule has 1 atom stereocenters. The van der Waals surface area contributed by atoms with E-state index in [0.29, 0.717) is 46.8 Å². The average molecular weight is 543 g/mol. The summed E-state index contributed by atoms with van der Waals surface area (Å²) < 4.78 is 1.99. The molecule has 1 aromatic carbocycles. The molecule has 2 aliphatic rings. The first-order chi connectivity index (χ1) is 17.9. The highest BCUT2D eigenvalue weighted by Crippen LogP contribution is 2.26. The number of aromatic nitrogens is 3. The summed E-state index contributed by atoms with van der Waals surface area (Å²) in [5, 5.41) is 14.5. The molecule has 12 heteroatoms. The lowest BCUT2D eigenvalue weighted by Crippen LogP contribution is -2.40. The Morgan fingerprint density at radius 2 is 1.78 bits per heavy atom. The van der Waals surface area contributed by atoms with Crippen LogP contribution in [0.25, 0.3) is 11.1 Å². The predicted octanol–water partition coefficient (Wildman–Crippen LogP) is 3.79. The Morgan fingerprint density at radius 1 is 1.03 bits per heavy atom. The number of urea groups is 1. The summed E-state index contributed by atoms with van der Waals surface area (Å²) in [4.78, 5) is 31.7. The molecule has 3 amide bonds. The molecule has 0 spiro atoms. The molecule has 0 unspecified atom stereocenters. The van der Waals surface area contributed by atoms with E-state index in [9.17, 15) is 9.59 Å². The largest absolute Gasteiger partial charge is 0.383 e. The minimum absolute atomic E-state index is 0.150. The molecule has 0 saturated carbocycles. The van der Waals surface area contributed by atoms with Crippen molar-refractivity contribution in [3.63, 3.8) is 0 Å². The van der Waals surface area contributed by atoms with Crippen molar-refractivity contribution in [2.75, 3.05) is 37.2 Å². The van der Waals surface area contributed by atoms with Gasteiger partial charge in [0, 0.05) is 58.4 Å². The molecule has 5 rings (SSSR count). The van der Waals surface area contributed by atoms with Gasteiger partial charge in [0.05, 0.1) is 17.8 Å². The molecule has 3 aromatic rings. The topological polar surface area (TPSA) is 130 Å². The summed E-state index contributed by atoms with van der Waals surface area (Å²) >= 11 is 12.0. The zero-order valence-corrected chi connectivity index (χ0v) is 21.6. The first-order valence-electron chi connectivity index (χ1n) is 12.2. The minimum atomic E-state index is -0.327. The Balaban J connectivity index is 1.21. The Morgan fingerprint density at radius 3 is 2.54 bits per heavy atom. The van der Waals surface area contributed by atoms with E-state index in [2.05, 4.69) is 26.0 Å². The molecular formula is C25H28Cl2N8O2. The number of nitrogens with one attached hydrogen (secondary N) is 3. The Kier molecular flexibility index (Phi) is 7.50. The predicted molar refractivity (Wildman–Crippen MR) is 144 cm³/mol. The lowest BCUT2D eigenvalue weighted by molar-refractivity contribution is 0.0938. The van der Waals surface area contributed by atoms with Crippen molar-refractivity contribution in [3.8, 4) is 11.1 Å². The van der Waals surface area contributed by atoms with Gasteiger partial charge < -0.3 is 26.6 Å². The Labute approximate surface area is 224 Å². The summed E-state index contributed by atoms with van der Waals surface area (Å²) in [6, 6.07) is 6.44. The second kappa shape index (κ2) is 11.0. The smallest absolute Gasteiger partial charge is 0.321 e. The quantitative estimate of drug-likeness (QED) is 0.388. The fourth-order valence-electron chi connectivity index (χ4n) is 4.73. The van der Waals surface area contributed by atoms with E-state index in [4.69, 9.17) is 28.9 Å². The van der Waals surface area contributed by atoms with Crippen LogP contribution in [0.2, 0.25) is 10.0 Å². The molecule has 0 radical (unpaired) electrons. The van der Waals surface area contributed by atoms with Crippen LogP contribution in [0.1, 0.15) is 35.7 Å². The van der Waals surface area contributed by atoms with Crippen LogP contribution in [-0.2, 0) is 0 Å². The number of piperidine rings is 1. The summed E-state index contributed by atoms with van der Waals surface area (Å²) in [7, 11) is 0. The van der Waals surface area contributed by atoms with Crippen LogP contribution in [0.15, 0.2) is 42.9 Å². The van der Waals surface area contributed by atoms with Crippen LogP contribution in [0.3, 0.4) is 0 Å². The number of likely N-dealkylation sites (tertiary alicyclic amines) is 1. The second-order valence-electron chi connectivity index (χ2n) is 9.34. The summed E-state index contributed by atoms with van der Waals surface area (Å²) in [5.41, 5.74) is 8.51. The number of amides is 3. The van der Waals surface area contributed by atoms with Gasteiger partial charge in [-0.1, -0.05) is 23.2 Å². The third-order valence-corrected chi connectivity index (χ3v) is 7.14. The van der Waals surface area contributed by atoms with Crippen molar-refractivity contribution in [2.45, 2.75) is 31.3 Å². The zero-order chi connectivity index (χ0) is 25.9. The van der Waals surface area contributed by atoms with Gasteiger partial charge in [-0.3, -0.25) is 9.48 Å². The van der Waals surface area contributed by atoms with Gasteiger partial charge in [0.2, 0.25) is 0 Å². The SMILES string of the molecule is Nc1ncc(-c2cnn(C3CCNCC3)c2)cc1C(=O)N[C@@H]1CCN(C(=O)Nc2cc(Cl)cc(Cl)c2)C1. The number of benzene rings is 1. The number of hydrogen-bond donors (Lipinski definition) is 4. The normalized spacial score (nSPS) is 18.1. The van der Waals surface area contributed by atoms with E-state index in [-0.39, 0.29) is 23.8 Å². The van der Waals surface area contributed by atoms with Crippen LogP contribution >= 0.6 is 23.2 Å². The highest BCUT2D eigenvalue weighted by atomic mass is 35.5. The highest BCUT2D eigenvalue weighted by Gasteiger charge is 2.28. The van der Waals surface area contributed by atoms with E-state index < -0.39 is 0 Å². The number of rotatable bonds is 5. The standard InChI is InChI=1S/C25H28Cl2N8O2/c26-17-8-18(27)10-20(9-17)33-25(37)34-6-3-19(14-34)32-24(36)22-7-15(11-30-23(22)28)16-12-31-35(13-16)21-1-4-29-5-2-21/h7-13,19,21,29H,1-6,14H2,(H2,28,30)(H,32,36)(H,33,37)/t19-/m1/s1. The molecule has 2 fully saturated rings. The zero-order valence-electron chi connectivity index (χ0n) is 20.1. The Bertz CT molecular complexity index is 1290. The molecule has 10 nitrogen and oxygen atoms in total. The third kappa shape index (κ3) is 5.98. The van der Waals surface area contributed by atoms with Gasteiger partial charge in [-0.2, -0.15) is 5.10 Å². The van der Waals surface area contributed by atoms with Crippen LogP contribution in [0.5, 0.6) is 0 Å². The van der Waals surface area contributed by atoms with Gasteiger partial charge in [-0.25, -0.2) is 9.78 Å². The van der Waals surface area contributed by atoms with Crippen molar-refractivity contribution >= 4 is 46.6 Å². The molecular weight excluding hydrogens is 515 g/mol. The molecule has 0 bridgehead atoms. The molecule has 2 saturated heterocycles. The van der Waals surface area contributed by atoms with Crippen molar-refractivity contribution < 1.29 is 9.59 Å². The maximum absolute atomic E-state index is 13.1. The molecule has 4 heterocycles. The van der Waals surface area contributed by atoms with Gasteiger partial charge in [0.1, 0.15) is 5.82 Å². The van der Waals surface area contributed by atoms with E-state index in [0.717, 1.165) is 37.1 Å². The maximum Gasteiger partial charge on any atom is 0.321 e. The molecule has 194 valence electrons. The van der Waals surface area contributed by atoms with Gasteiger partial charge >= 0.3 is 6.03 Å².